The zero-order valence-electron chi connectivity index (χ0n) is 15.7. The monoisotopic (exact) mass is 393 g/mol. The van der Waals surface area contributed by atoms with Crippen molar-refractivity contribution in [2.24, 2.45) is 0 Å². The lowest BCUT2D eigenvalue weighted by atomic mass is 10.1. The molecule has 3 aromatic rings. The molecule has 0 atom stereocenters. The highest BCUT2D eigenvalue weighted by molar-refractivity contribution is 7.18. The number of rotatable bonds is 6. The van der Waals surface area contributed by atoms with Crippen molar-refractivity contribution in [3.63, 3.8) is 0 Å². The number of piperidine rings is 1. The molecule has 1 fully saturated rings. The smallest absolute Gasteiger partial charge is 0.226 e. The van der Waals surface area contributed by atoms with Crippen LogP contribution in [0.2, 0.25) is 0 Å². The van der Waals surface area contributed by atoms with Crippen LogP contribution in [0.3, 0.4) is 0 Å². The molecule has 6 heteroatoms. The molecule has 0 unspecified atom stereocenters. The Kier molecular flexibility index (Phi) is 5.67. The van der Waals surface area contributed by atoms with Gasteiger partial charge in [0, 0.05) is 30.8 Å². The summed E-state index contributed by atoms with van der Waals surface area (Å²) in [6.07, 6.45) is 4.59. The van der Waals surface area contributed by atoms with Crippen molar-refractivity contribution in [2.75, 3.05) is 16.8 Å². The maximum atomic E-state index is 12.3. The number of hydrogen-bond acceptors (Lipinski definition) is 4. The highest BCUT2D eigenvalue weighted by atomic mass is 32.1. The third-order valence-corrected chi connectivity index (χ3v) is 5.99. The van der Waals surface area contributed by atoms with Crippen molar-refractivity contribution >= 4 is 44.7 Å². The molecule has 2 amide bonds. The second-order valence-corrected chi connectivity index (χ2v) is 8.15. The van der Waals surface area contributed by atoms with E-state index in [1.807, 2.05) is 47.4 Å². The molecule has 4 rings (SSSR count). The van der Waals surface area contributed by atoms with Crippen molar-refractivity contribution in [1.82, 2.24) is 4.98 Å². The van der Waals surface area contributed by atoms with Crippen molar-refractivity contribution in [2.45, 2.75) is 38.5 Å². The minimum absolute atomic E-state index is 0.0109. The molecule has 2 aromatic carbocycles. The van der Waals surface area contributed by atoms with Gasteiger partial charge in [0.15, 0.2) is 0 Å². The van der Waals surface area contributed by atoms with Crippen LogP contribution in [0, 0.1) is 0 Å². The van der Waals surface area contributed by atoms with Gasteiger partial charge in [0.25, 0.3) is 0 Å². The van der Waals surface area contributed by atoms with Gasteiger partial charge in [-0.2, -0.15) is 0 Å². The maximum absolute atomic E-state index is 12.3. The Balaban J connectivity index is 1.31. The predicted octanol–water partition coefficient (Wildman–Crippen LogP) is 4.77. The molecule has 0 bridgehead atoms. The van der Waals surface area contributed by atoms with Crippen LogP contribution in [0.5, 0.6) is 0 Å². The summed E-state index contributed by atoms with van der Waals surface area (Å²) in [6.45, 7) is 0.748. The zero-order chi connectivity index (χ0) is 19.3. The molecule has 0 saturated carbocycles. The van der Waals surface area contributed by atoms with Gasteiger partial charge < -0.3 is 10.2 Å². The van der Waals surface area contributed by atoms with E-state index in [0.717, 1.165) is 54.1 Å². The van der Waals surface area contributed by atoms with E-state index in [-0.39, 0.29) is 11.8 Å². The quantitative estimate of drug-likeness (QED) is 0.656. The molecule has 1 N–H and O–H groups in total. The zero-order valence-corrected chi connectivity index (χ0v) is 16.5. The number of nitrogens with zero attached hydrogens (tertiary/aromatic N) is 2. The number of para-hydroxylation sites is 1. The van der Waals surface area contributed by atoms with E-state index in [9.17, 15) is 9.59 Å². The Labute approximate surface area is 168 Å². The number of amides is 2. The number of nitrogens with one attached hydrogen (secondary N) is 1. The summed E-state index contributed by atoms with van der Waals surface area (Å²) in [5, 5.41) is 4.02. The summed E-state index contributed by atoms with van der Waals surface area (Å²) in [4.78, 5) is 30.8. The molecule has 0 spiro atoms. The first-order valence-corrected chi connectivity index (χ1v) is 10.6. The molecule has 1 aromatic heterocycles. The van der Waals surface area contributed by atoms with Crippen molar-refractivity contribution < 1.29 is 9.59 Å². The molecule has 0 radical (unpaired) electrons. The largest absolute Gasteiger partial charge is 0.326 e. The number of carbonyl (C=O) groups is 2. The first kappa shape index (κ1) is 18.6. The number of aromatic nitrogens is 1. The lowest BCUT2D eigenvalue weighted by Crippen LogP contribution is -2.35. The number of thiazole rings is 1. The van der Waals surface area contributed by atoms with Crippen molar-refractivity contribution in [1.29, 1.82) is 0 Å². The lowest BCUT2D eigenvalue weighted by Gasteiger charge is -2.27. The normalized spacial score (nSPS) is 14.4. The molecular weight excluding hydrogens is 370 g/mol. The van der Waals surface area contributed by atoms with Gasteiger partial charge in [0.05, 0.1) is 15.2 Å². The molecule has 0 aliphatic carbocycles. The van der Waals surface area contributed by atoms with Crippen LogP contribution in [0.25, 0.3) is 10.2 Å². The minimum Gasteiger partial charge on any atom is -0.326 e. The summed E-state index contributed by atoms with van der Waals surface area (Å²) in [7, 11) is 0. The van der Waals surface area contributed by atoms with Crippen LogP contribution in [0.15, 0.2) is 48.5 Å². The van der Waals surface area contributed by atoms with Crippen LogP contribution in [0.4, 0.5) is 11.4 Å². The first-order valence-electron chi connectivity index (χ1n) is 9.74. The summed E-state index contributed by atoms with van der Waals surface area (Å²) >= 11 is 1.69. The fourth-order valence-electron chi connectivity index (χ4n) is 3.48. The molecule has 5 nitrogen and oxygen atoms in total. The Morgan fingerprint density at radius 3 is 2.89 bits per heavy atom. The van der Waals surface area contributed by atoms with E-state index in [4.69, 9.17) is 0 Å². The number of fused-ring (bicyclic) bond motifs is 1. The second-order valence-electron chi connectivity index (χ2n) is 7.03. The molecule has 28 heavy (non-hydrogen) atoms. The average molecular weight is 394 g/mol. The third-order valence-electron chi connectivity index (χ3n) is 4.90. The molecule has 2 heterocycles. The van der Waals surface area contributed by atoms with E-state index < -0.39 is 0 Å². The van der Waals surface area contributed by atoms with E-state index in [2.05, 4.69) is 16.4 Å². The van der Waals surface area contributed by atoms with Crippen LogP contribution >= 0.6 is 11.3 Å². The Morgan fingerprint density at radius 1 is 1.14 bits per heavy atom. The van der Waals surface area contributed by atoms with Crippen LogP contribution in [0.1, 0.15) is 37.1 Å². The van der Waals surface area contributed by atoms with E-state index in [1.165, 1.54) is 4.70 Å². The minimum atomic E-state index is -0.0109. The van der Waals surface area contributed by atoms with Crippen molar-refractivity contribution in [3.05, 3.63) is 53.5 Å². The number of benzene rings is 2. The molecular formula is C22H23N3O2S. The molecule has 1 aliphatic rings. The van der Waals surface area contributed by atoms with Gasteiger partial charge in [-0.15, -0.1) is 11.3 Å². The molecule has 1 aliphatic heterocycles. The summed E-state index contributed by atoms with van der Waals surface area (Å²) in [5.74, 6) is 0.147. The number of hydrogen-bond donors (Lipinski definition) is 1. The fourth-order valence-corrected chi connectivity index (χ4v) is 4.49. The third kappa shape index (κ3) is 4.39. The molecule has 144 valence electrons. The topological polar surface area (TPSA) is 62.3 Å². The van der Waals surface area contributed by atoms with Crippen LogP contribution in [-0.4, -0.2) is 23.3 Å². The standard InChI is InChI=1S/C22H23N3O2S/c26-20(11-6-12-21-24-18-9-1-2-10-19(18)28-21)23-16-7-5-8-17(15-16)25-14-4-3-13-22(25)27/h1-2,5,7-10,15H,3-4,6,11-14H2,(H,23,26). The number of aryl methyl sites for hydroxylation is 1. The number of carbonyl (C=O) groups excluding carboxylic acids is 2. The Bertz CT molecular complexity index is 965. The van der Waals surface area contributed by atoms with E-state index in [1.54, 1.807) is 11.3 Å². The van der Waals surface area contributed by atoms with Gasteiger partial charge in [-0.3, -0.25) is 9.59 Å². The maximum Gasteiger partial charge on any atom is 0.226 e. The second kappa shape index (κ2) is 8.52. The van der Waals surface area contributed by atoms with Gasteiger partial charge in [-0.1, -0.05) is 18.2 Å². The Morgan fingerprint density at radius 2 is 2.04 bits per heavy atom. The van der Waals surface area contributed by atoms with Gasteiger partial charge in [-0.05, 0) is 56.0 Å². The van der Waals surface area contributed by atoms with Crippen LogP contribution in [-0.2, 0) is 16.0 Å². The van der Waals surface area contributed by atoms with E-state index >= 15 is 0 Å². The molecule has 1 saturated heterocycles. The van der Waals surface area contributed by atoms with E-state index in [0.29, 0.717) is 12.8 Å². The average Bonchev–Trinajstić information content (AvgIpc) is 3.11. The number of anilines is 2. The van der Waals surface area contributed by atoms with Gasteiger partial charge in [0.2, 0.25) is 11.8 Å². The lowest BCUT2D eigenvalue weighted by molar-refractivity contribution is -0.119. The SMILES string of the molecule is O=C(CCCc1nc2ccccc2s1)Nc1cccc(N2CCCCC2=O)c1. The first-order chi connectivity index (χ1) is 13.7. The predicted molar refractivity (Wildman–Crippen MR) is 114 cm³/mol. The van der Waals surface area contributed by atoms with Gasteiger partial charge in [-0.25, -0.2) is 4.98 Å². The summed E-state index contributed by atoms with van der Waals surface area (Å²) in [6, 6.07) is 15.7. The highest BCUT2D eigenvalue weighted by Gasteiger charge is 2.19. The van der Waals surface area contributed by atoms with Gasteiger partial charge >= 0.3 is 0 Å². The fraction of sp³-hybridized carbons (Fsp3) is 0.318. The summed E-state index contributed by atoms with van der Waals surface area (Å²) in [5.41, 5.74) is 2.62. The van der Waals surface area contributed by atoms with Crippen LogP contribution < -0.4 is 10.2 Å². The van der Waals surface area contributed by atoms with Gasteiger partial charge in [0.1, 0.15) is 0 Å². The summed E-state index contributed by atoms with van der Waals surface area (Å²) < 4.78 is 1.19. The Hall–Kier alpha value is -2.73. The van der Waals surface area contributed by atoms with Crippen molar-refractivity contribution in [3.8, 4) is 0 Å². The highest BCUT2D eigenvalue weighted by Crippen LogP contribution is 2.25.